The number of carbonyl (C=O) groups is 2. The van der Waals surface area contributed by atoms with Gasteiger partial charge in [-0.3, -0.25) is 9.59 Å². The molecule has 1 amide bonds. The van der Waals surface area contributed by atoms with Crippen molar-refractivity contribution in [2.45, 2.75) is 26.1 Å². The maximum absolute atomic E-state index is 12.1. The SMILES string of the molecule is CC(OC(=O)Cc1ccc(OC(F)F)cc1)C(=O)Nc1cccc(Cl)c1. The maximum Gasteiger partial charge on any atom is 0.387 e. The van der Waals surface area contributed by atoms with Crippen LogP contribution in [0.25, 0.3) is 0 Å². The van der Waals surface area contributed by atoms with Crippen LogP contribution in [0.15, 0.2) is 48.5 Å². The molecule has 1 N–H and O–H groups in total. The molecule has 138 valence electrons. The van der Waals surface area contributed by atoms with Crippen molar-refractivity contribution in [2.24, 2.45) is 0 Å². The first kappa shape index (κ1) is 19.7. The van der Waals surface area contributed by atoms with Gasteiger partial charge in [-0.05, 0) is 42.8 Å². The van der Waals surface area contributed by atoms with Crippen molar-refractivity contribution in [2.75, 3.05) is 5.32 Å². The number of esters is 1. The van der Waals surface area contributed by atoms with E-state index in [0.717, 1.165) is 0 Å². The van der Waals surface area contributed by atoms with Crippen LogP contribution in [0.1, 0.15) is 12.5 Å². The van der Waals surface area contributed by atoms with E-state index in [1.165, 1.54) is 31.2 Å². The number of nitrogens with one attached hydrogen (secondary N) is 1. The summed E-state index contributed by atoms with van der Waals surface area (Å²) >= 11 is 5.83. The molecule has 0 saturated heterocycles. The summed E-state index contributed by atoms with van der Waals surface area (Å²) in [6.07, 6.45) is -1.12. The molecular weight excluding hydrogens is 368 g/mol. The third-order valence-electron chi connectivity index (χ3n) is 3.27. The predicted octanol–water partition coefficient (Wildman–Crippen LogP) is 4.05. The highest BCUT2D eigenvalue weighted by atomic mass is 35.5. The number of carbonyl (C=O) groups excluding carboxylic acids is 2. The maximum atomic E-state index is 12.1. The second-order valence-electron chi connectivity index (χ2n) is 5.33. The summed E-state index contributed by atoms with van der Waals surface area (Å²) in [5, 5.41) is 3.05. The molecule has 0 radical (unpaired) electrons. The molecule has 8 heteroatoms. The Morgan fingerprint density at radius 2 is 1.85 bits per heavy atom. The van der Waals surface area contributed by atoms with Gasteiger partial charge >= 0.3 is 12.6 Å². The molecule has 0 saturated carbocycles. The summed E-state index contributed by atoms with van der Waals surface area (Å²) in [6.45, 7) is -1.47. The van der Waals surface area contributed by atoms with Crippen molar-refractivity contribution < 1.29 is 27.8 Å². The number of benzene rings is 2. The van der Waals surface area contributed by atoms with E-state index in [4.69, 9.17) is 16.3 Å². The van der Waals surface area contributed by atoms with Crippen molar-refractivity contribution in [3.8, 4) is 5.75 Å². The van der Waals surface area contributed by atoms with E-state index in [1.807, 2.05) is 0 Å². The van der Waals surface area contributed by atoms with Crippen LogP contribution in [-0.2, 0) is 20.7 Å². The Hall–Kier alpha value is -2.67. The zero-order valence-corrected chi connectivity index (χ0v) is 14.5. The molecule has 0 heterocycles. The van der Waals surface area contributed by atoms with Gasteiger partial charge in [0.15, 0.2) is 6.10 Å². The van der Waals surface area contributed by atoms with E-state index in [2.05, 4.69) is 10.1 Å². The van der Waals surface area contributed by atoms with Gasteiger partial charge in [0.05, 0.1) is 6.42 Å². The molecule has 2 rings (SSSR count). The fraction of sp³-hybridized carbons (Fsp3) is 0.222. The molecule has 0 bridgehead atoms. The van der Waals surface area contributed by atoms with Crippen molar-refractivity contribution in [3.05, 3.63) is 59.1 Å². The molecule has 2 aromatic carbocycles. The Bertz CT molecular complexity index is 768. The minimum Gasteiger partial charge on any atom is -0.452 e. The van der Waals surface area contributed by atoms with Crippen molar-refractivity contribution >= 4 is 29.2 Å². The number of anilines is 1. The molecule has 0 spiro atoms. The summed E-state index contributed by atoms with van der Waals surface area (Å²) in [5.74, 6) is -1.13. The van der Waals surface area contributed by atoms with Gasteiger partial charge in [-0.1, -0.05) is 29.8 Å². The molecule has 2 aromatic rings. The first-order chi connectivity index (χ1) is 12.3. The Balaban J connectivity index is 1.85. The normalized spacial score (nSPS) is 11.7. The summed E-state index contributed by atoms with van der Waals surface area (Å²) in [7, 11) is 0. The second kappa shape index (κ2) is 9.15. The summed E-state index contributed by atoms with van der Waals surface area (Å²) in [6, 6.07) is 12.1. The number of amides is 1. The molecule has 0 aliphatic rings. The monoisotopic (exact) mass is 383 g/mol. The number of hydrogen-bond acceptors (Lipinski definition) is 4. The zero-order valence-electron chi connectivity index (χ0n) is 13.7. The fourth-order valence-corrected chi connectivity index (χ4v) is 2.25. The Kier molecular flexibility index (Phi) is 6.91. The average molecular weight is 384 g/mol. The highest BCUT2D eigenvalue weighted by Crippen LogP contribution is 2.17. The molecule has 1 atom stereocenters. The third kappa shape index (κ3) is 6.33. The van der Waals surface area contributed by atoms with E-state index < -0.39 is 24.6 Å². The van der Waals surface area contributed by atoms with E-state index in [-0.39, 0.29) is 12.2 Å². The largest absolute Gasteiger partial charge is 0.452 e. The predicted molar refractivity (Wildman–Crippen MR) is 92.4 cm³/mol. The van der Waals surface area contributed by atoms with Crippen LogP contribution in [0.4, 0.5) is 14.5 Å². The first-order valence-electron chi connectivity index (χ1n) is 7.63. The lowest BCUT2D eigenvalue weighted by Gasteiger charge is -2.14. The fourth-order valence-electron chi connectivity index (χ4n) is 2.06. The minimum atomic E-state index is -2.91. The van der Waals surface area contributed by atoms with Gasteiger partial charge < -0.3 is 14.8 Å². The van der Waals surface area contributed by atoms with Crippen molar-refractivity contribution in [1.29, 1.82) is 0 Å². The smallest absolute Gasteiger partial charge is 0.387 e. The second-order valence-corrected chi connectivity index (χ2v) is 5.77. The number of rotatable bonds is 7. The topological polar surface area (TPSA) is 64.6 Å². The van der Waals surface area contributed by atoms with Gasteiger partial charge in [-0.2, -0.15) is 8.78 Å². The minimum absolute atomic E-state index is 0.00798. The van der Waals surface area contributed by atoms with Crippen LogP contribution in [-0.4, -0.2) is 24.6 Å². The molecule has 0 aliphatic heterocycles. The molecule has 1 unspecified atom stereocenters. The molecule has 0 fully saturated rings. The van der Waals surface area contributed by atoms with Gasteiger partial charge in [-0.15, -0.1) is 0 Å². The van der Waals surface area contributed by atoms with Gasteiger partial charge in [0.2, 0.25) is 0 Å². The van der Waals surface area contributed by atoms with Crippen LogP contribution in [0, 0.1) is 0 Å². The lowest BCUT2D eigenvalue weighted by atomic mass is 10.1. The lowest BCUT2D eigenvalue weighted by Crippen LogP contribution is -2.30. The number of halogens is 3. The molecule has 5 nitrogen and oxygen atoms in total. The Labute approximate surface area is 153 Å². The standard InChI is InChI=1S/C18H16ClF2NO4/c1-11(17(24)22-14-4-2-3-13(19)10-14)25-16(23)9-12-5-7-15(8-6-12)26-18(20)21/h2-8,10-11,18H,9H2,1H3,(H,22,24). The van der Waals surface area contributed by atoms with Crippen LogP contribution in [0.5, 0.6) is 5.75 Å². The number of ether oxygens (including phenoxy) is 2. The highest BCUT2D eigenvalue weighted by molar-refractivity contribution is 6.30. The first-order valence-corrected chi connectivity index (χ1v) is 8.01. The van der Waals surface area contributed by atoms with Crippen molar-refractivity contribution in [3.63, 3.8) is 0 Å². The van der Waals surface area contributed by atoms with E-state index >= 15 is 0 Å². The molecule has 0 aliphatic carbocycles. The Morgan fingerprint density at radius 1 is 1.15 bits per heavy atom. The van der Waals surface area contributed by atoms with Crippen LogP contribution < -0.4 is 10.1 Å². The lowest BCUT2D eigenvalue weighted by molar-refractivity contribution is -0.152. The van der Waals surface area contributed by atoms with Gasteiger partial charge in [-0.25, -0.2) is 0 Å². The average Bonchev–Trinajstić information content (AvgIpc) is 2.56. The van der Waals surface area contributed by atoms with E-state index in [9.17, 15) is 18.4 Å². The number of hydrogen-bond donors (Lipinski definition) is 1. The third-order valence-corrected chi connectivity index (χ3v) is 3.50. The van der Waals surface area contributed by atoms with E-state index in [1.54, 1.807) is 24.3 Å². The number of alkyl halides is 2. The summed E-state index contributed by atoms with van der Waals surface area (Å²) in [4.78, 5) is 24.0. The summed E-state index contributed by atoms with van der Waals surface area (Å²) < 4.78 is 33.5. The van der Waals surface area contributed by atoms with Crippen molar-refractivity contribution in [1.82, 2.24) is 0 Å². The van der Waals surface area contributed by atoms with Crippen LogP contribution in [0.3, 0.4) is 0 Å². The quantitative estimate of drug-likeness (QED) is 0.732. The molecule has 0 aromatic heterocycles. The highest BCUT2D eigenvalue weighted by Gasteiger charge is 2.18. The molecule has 26 heavy (non-hydrogen) atoms. The van der Waals surface area contributed by atoms with Gasteiger partial charge in [0.1, 0.15) is 5.75 Å². The molecular formula is C18H16ClF2NO4. The van der Waals surface area contributed by atoms with Crippen LogP contribution >= 0.6 is 11.6 Å². The van der Waals surface area contributed by atoms with Gasteiger partial charge in [0.25, 0.3) is 5.91 Å². The summed E-state index contributed by atoms with van der Waals surface area (Å²) in [5.41, 5.74) is 1.03. The Morgan fingerprint density at radius 3 is 2.46 bits per heavy atom. The van der Waals surface area contributed by atoms with Crippen LogP contribution in [0.2, 0.25) is 5.02 Å². The zero-order chi connectivity index (χ0) is 19.1. The van der Waals surface area contributed by atoms with Gasteiger partial charge in [0, 0.05) is 10.7 Å². The van der Waals surface area contributed by atoms with E-state index in [0.29, 0.717) is 16.3 Å².